The number of halogens is 2. The van der Waals surface area contributed by atoms with Crippen molar-refractivity contribution in [1.29, 1.82) is 0 Å². The molecule has 3 N–H and O–H groups in total. The molecule has 11 heteroatoms. The van der Waals surface area contributed by atoms with Crippen LogP contribution >= 0.6 is 23.2 Å². The maximum atomic E-state index is 11.9. The minimum Gasteiger partial charge on any atom is -0.481 e. The zero-order valence-electron chi connectivity index (χ0n) is 23.2. The lowest BCUT2D eigenvalue weighted by molar-refractivity contribution is -0.252. The number of hydrogen-bond acceptors (Lipinski definition) is 6. The minimum atomic E-state index is -1.00. The van der Waals surface area contributed by atoms with E-state index < -0.39 is 12.3 Å². The number of aliphatic hydroxyl groups excluding tert-OH is 1. The van der Waals surface area contributed by atoms with E-state index in [1.807, 2.05) is 72.8 Å². The van der Waals surface area contributed by atoms with Gasteiger partial charge in [-0.1, -0.05) is 89.9 Å². The maximum absolute atomic E-state index is 11.9. The number of ether oxygens (including phenoxy) is 2. The fraction of sp³-hybridized carbons (Fsp3) is 0.281. The zero-order valence-corrected chi connectivity index (χ0v) is 24.7. The number of aromatic nitrogens is 2. The SMILES string of the molecule is O=C(O)CCC(=O)NCc1cccc(-c2ccc(C3OC(Cn4cnc(Cl)c4Cl)CC(c4ccc(CO)cc4)O3)cc2)c1. The third kappa shape index (κ3) is 8.01. The molecule has 0 radical (unpaired) electrons. The summed E-state index contributed by atoms with van der Waals surface area (Å²) in [5.41, 5.74) is 5.51. The number of amides is 1. The van der Waals surface area contributed by atoms with Crippen LogP contribution in [0.4, 0.5) is 0 Å². The number of aliphatic hydroxyl groups is 1. The Morgan fingerprint density at radius 2 is 1.67 bits per heavy atom. The van der Waals surface area contributed by atoms with E-state index in [9.17, 15) is 14.7 Å². The number of imidazole rings is 1. The summed E-state index contributed by atoms with van der Waals surface area (Å²) in [5, 5.41) is 21.6. The summed E-state index contributed by atoms with van der Waals surface area (Å²) in [7, 11) is 0. The Hall–Kier alpha value is -3.73. The van der Waals surface area contributed by atoms with Gasteiger partial charge in [0.05, 0.1) is 38.1 Å². The second-order valence-electron chi connectivity index (χ2n) is 10.3. The molecule has 2 heterocycles. The number of benzene rings is 3. The van der Waals surface area contributed by atoms with E-state index in [0.29, 0.717) is 24.7 Å². The first kappa shape index (κ1) is 30.7. The van der Waals surface area contributed by atoms with Gasteiger partial charge in [-0.15, -0.1) is 0 Å². The molecule has 9 nitrogen and oxygen atoms in total. The van der Waals surface area contributed by atoms with Gasteiger partial charge in [-0.2, -0.15) is 0 Å². The Balaban J connectivity index is 1.31. The van der Waals surface area contributed by atoms with Crippen LogP contribution in [0.15, 0.2) is 79.1 Å². The van der Waals surface area contributed by atoms with Crippen molar-refractivity contribution in [1.82, 2.24) is 14.9 Å². The average Bonchev–Trinajstić information content (AvgIpc) is 3.35. The van der Waals surface area contributed by atoms with Gasteiger partial charge in [-0.3, -0.25) is 9.59 Å². The molecule has 3 unspecified atom stereocenters. The van der Waals surface area contributed by atoms with Gasteiger partial charge in [0.1, 0.15) is 5.15 Å². The third-order valence-corrected chi connectivity index (χ3v) is 8.02. The molecule has 4 aromatic rings. The molecule has 0 spiro atoms. The summed E-state index contributed by atoms with van der Waals surface area (Å²) in [4.78, 5) is 26.7. The van der Waals surface area contributed by atoms with Crippen LogP contribution in [-0.4, -0.2) is 37.7 Å². The highest BCUT2D eigenvalue weighted by Gasteiger charge is 2.33. The Morgan fingerprint density at radius 1 is 0.930 bits per heavy atom. The van der Waals surface area contributed by atoms with Crippen molar-refractivity contribution in [3.05, 3.63) is 112 Å². The van der Waals surface area contributed by atoms with Gasteiger partial charge in [0.15, 0.2) is 11.4 Å². The molecule has 3 aromatic carbocycles. The number of carboxylic acid groups (broad SMARTS) is 1. The van der Waals surface area contributed by atoms with E-state index in [1.165, 1.54) is 0 Å². The maximum Gasteiger partial charge on any atom is 0.303 e. The lowest BCUT2D eigenvalue weighted by Crippen LogP contribution is -2.32. The molecule has 0 aliphatic carbocycles. The van der Waals surface area contributed by atoms with Gasteiger partial charge < -0.3 is 29.6 Å². The van der Waals surface area contributed by atoms with Gasteiger partial charge in [-0.05, 0) is 33.9 Å². The molecule has 1 fully saturated rings. The molecule has 1 aliphatic rings. The van der Waals surface area contributed by atoms with Gasteiger partial charge in [0.25, 0.3) is 0 Å². The van der Waals surface area contributed by atoms with E-state index in [-0.39, 0.29) is 42.7 Å². The van der Waals surface area contributed by atoms with Crippen LogP contribution in [0, 0.1) is 0 Å². The van der Waals surface area contributed by atoms with Crippen LogP contribution in [0.1, 0.15) is 53.9 Å². The fourth-order valence-electron chi connectivity index (χ4n) is 4.93. The number of carbonyl (C=O) groups excluding carboxylic acids is 1. The molecule has 5 rings (SSSR count). The minimum absolute atomic E-state index is 0.0310. The molecule has 1 aliphatic heterocycles. The van der Waals surface area contributed by atoms with Crippen molar-refractivity contribution in [2.75, 3.05) is 0 Å². The monoisotopic (exact) mass is 623 g/mol. The normalized spacial score (nSPS) is 18.3. The van der Waals surface area contributed by atoms with Crippen molar-refractivity contribution >= 4 is 35.1 Å². The van der Waals surface area contributed by atoms with Crippen LogP contribution in [0.2, 0.25) is 10.3 Å². The summed E-state index contributed by atoms with van der Waals surface area (Å²) in [6, 6.07) is 23.4. The van der Waals surface area contributed by atoms with Crippen molar-refractivity contribution in [2.24, 2.45) is 0 Å². The molecular formula is C32H31Cl2N3O6. The number of aliphatic carboxylic acids is 1. The molecule has 3 atom stereocenters. The lowest BCUT2D eigenvalue weighted by Gasteiger charge is -2.36. The van der Waals surface area contributed by atoms with Crippen molar-refractivity contribution in [3.63, 3.8) is 0 Å². The summed E-state index contributed by atoms with van der Waals surface area (Å²) in [5.74, 6) is -1.30. The van der Waals surface area contributed by atoms with Crippen LogP contribution < -0.4 is 5.32 Å². The van der Waals surface area contributed by atoms with Crippen LogP contribution in [0.25, 0.3) is 11.1 Å². The van der Waals surface area contributed by atoms with Crippen LogP contribution in [-0.2, 0) is 38.8 Å². The highest BCUT2D eigenvalue weighted by atomic mass is 35.5. The lowest BCUT2D eigenvalue weighted by atomic mass is 9.99. The van der Waals surface area contributed by atoms with Gasteiger partial charge in [-0.25, -0.2) is 4.98 Å². The Labute approximate surface area is 259 Å². The Morgan fingerprint density at radius 3 is 2.35 bits per heavy atom. The average molecular weight is 625 g/mol. The second-order valence-corrected chi connectivity index (χ2v) is 11.0. The van der Waals surface area contributed by atoms with Gasteiger partial charge >= 0.3 is 5.97 Å². The highest BCUT2D eigenvalue weighted by molar-refractivity contribution is 6.40. The summed E-state index contributed by atoms with van der Waals surface area (Å²) in [6.07, 6.45) is 0.784. The number of hydrogen-bond donors (Lipinski definition) is 3. The first-order valence-electron chi connectivity index (χ1n) is 13.8. The highest BCUT2D eigenvalue weighted by Crippen LogP contribution is 2.39. The van der Waals surface area contributed by atoms with Crippen LogP contribution in [0.5, 0.6) is 0 Å². The molecule has 0 bridgehead atoms. The number of rotatable bonds is 11. The number of carbonyl (C=O) groups is 2. The van der Waals surface area contributed by atoms with E-state index in [2.05, 4.69) is 10.3 Å². The molecule has 43 heavy (non-hydrogen) atoms. The van der Waals surface area contributed by atoms with Crippen molar-refractivity contribution in [3.8, 4) is 11.1 Å². The largest absolute Gasteiger partial charge is 0.481 e. The molecular weight excluding hydrogens is 593 g/mol. The summed E-state index contributed by atoms with van der Waals surface area (Å²) < 4.78 is 14.6. The molecule has 1 aromatic heterocycles. The van der Waals surface area contributed by atoms with Gasteiger partial charge in [0.2, 0.25) is 5.91 Å². The zero-order chi connectivity index (χ0) is 30.3. The topological polar surface area (TPSA) is 123 Å². The van der Waals surface area contributed by atoms with E-state index >= 15 is 0 Å². The summed E-state index contributed by atoms with van der Waals surface area (Å²) in [6.45, 7) is 0.723. The number of carboxylic acids is 1. The third-order valence-electron chi connectivity index (χ3n) is 7.25. The quantitative estimate of drug-likeness (QED) is 0.185. The van der Waals surface area contributed by atoms with Gasteiger partial charge in [0, 0.05) is 24.9 Å². The predicted octanol–water partition coefficient (Wildman–Crippen LogP) is 6.08. The molecule has 1 saturated heterocycles. The van der Waals surface area contributed by atoms with Crippen molar-refractivity contribution < 1.29 is 29.3 Å². The summed E-state index contributed by atoms with van der Waals surface area (Å²) >= 11 is 12.4. The van der Waals surface area contributed by atoms with E-state index in [4.69, 9.17) is 37.8 Å². The molecule has 0 saturated carbocycles. The Kier molecular flexibility index (Phi) is 10.1. The standard InChI is InChI=1S/C32H31Cl2N3O6/c33-30-31(34)37(19-36-30)17-26-15-27(23-6-4-20(18-38)5-7-23)43-32(42-26)24-10-8-22(9-11-24)25-3-1-2-21(14-25)16-35-28(39)12-13-29(40)41/h1-11,14,19,26-27,32,38H,12-13,15-18H2,(H,35,39)(H,40,41). The van der Waals surface area contributed by atoms with Crippen LogP contribution in [0.3, 0.4) is 0 Å². The smallest absolute Gasteiger partial charge is 0.303 e. The fourth-order valence-corrected chi connectivity index (χ4v) is 5.24. The molecule has 1 amide bonds. The molecule has 224 valence electrons. The van der Waals surface area contributed by atoms with Crippen molar-refractivity contribution in [2.45, 2.75) is 57.5 Å². The first-order chi connectivity index (χ1) is 20.8. The van der Waals surface area contributed by atoms with E-state index in [1.54, 1.807) is 10.9 Å². The number of nitrogens with zero attached hydrogens (tertiary/aromatic N) is 2. The second kappa shape index (κ2) is 14.2. The first-order valence-corrected chi connectivity index (χ1v) is 14.6. The van der Waals surface area contributed by atoms with E-state index in [0.717, 1.165) is 33.4 Å². The Bertz CT molecular complexity index is 1560. The number of nitrogens with one attached hydrogen (secondary N) is 1. The predicted molar refractivity (Wildman–Crippen MR) is 161 cm³/mol.